The summed E-state index contributed by atoms with van der Waals surface area (Å²) >= 11 is 0. The maximum atomic E-state index is 13.0. The van der Waals surface area contributed by atoms with Crippen LogP contribution in [0.3, 0.4) is 0 Å². The molecule has 0 aliphatic rings. The van der Waals surface area contributed by atoms with E-state index in [2.05, 4.69) is 10.4 Å². The van der Waals surface area contributed by atoms with Crippen LogP contribution < -0.4 is 5.32 Å². The van der Waals surface area contributed by atoms with Gasteiger partial charge in [-0.3, -0.25) is 9.48 Å². The summed E-state index contributed by atoms with van der Waals surface area (Å²) in [4.78, 5) is 12.1. The molecule has 0 aliphatic carbocycles. The van der Waals surface area contributed by atoms with Crippen molar-refractivity contribution < 1.29 is 18.0 Å². The van der Waals surface area contributed by atoms with Crippen LogP contribution in [0, 0.1) is 6.92 Å². The highest BCUT2D eigenvalue weighted by Crippen LogP contribution is 2.32. The summed E-state index contributed by atoms with van der Waals surface area (Å²) in [5.74, 6) is 0.00629. The van der Waals surface area contributed by atoms with Gasteiger partial charge in [0, 0.05) is 12.6 Å². The van der Waals surface area contributed by atoms with Gasteiger partial charge in [0.25, 0.3) is 0 Å². The molecule has 1 aromatic heterocycles. The molecule has 1 amide bonds. The van der Waals surface area contributed by atoms with Gasteiger partial charge in [0.1, 0.15) is 5.82 Å². The Labute approximate surface area is 132 Å². The molecule has 1 heterocycles. The molecule has 7 heteroatoms. The van der Waals surface area contributed by atoms with Crippen molar-refractivity contribution in [2.75, 3.05) is 5.32 Å². The highest BCUT2D eigenvalue weighted by Gasteiger charge is 2.33. The second-order valence-corrected chi connectivity index (χ2v) is 5.28. The molecule has 0 atom stereocenters. The van der Waals surface area contributed by atoms with Gasteiger partial charge in [0.05, 0.1) is 17.7 Å². The summed E-state index contributed by atoms with van der Waals surface area (Å²) in [6.07, 6.45) is -4.11. The predicted molar refractivity (Wildman–Crippen MR) is 81.1 cm³/mol. The van der Waals surface area contributed by atoms with E-state index in [1.54, 1.807) is 7.05 Å². The molecule has 0 saturated carbocycles. The molecular weight excluding hydrogens is 307 g/mol. The maximum Gasteiger partial charge on any atom is 0.416 e. The molecular formula is C16H18F3N3O. The SMILES string of the molecule is CCc1nn(C)c(NC(=O)Cc2ccccc2C(F)(F)F)c1C. The first-order chi connectivity index (χ1) is 10.7. The topological polar surface area (TPSA) is 46.9 Å². The minimum absolute atomic E-state index is 0.0481. The summed E-state index contributed by atoms with van der Waals surface area (Å²) in [6.45, 7) is 3.77. The molecule has 0 radical (unpaired) electrons. The number of nitrogens with zero attached hydrogens (tertiary/aromatic N) is 2. The Bertz CT molecular complexity index is 720. The first-order valence-corrected chi connectivity index (χ1v) is 7.21. The number of nitrogens with one attached hydrogen (secondary N) is 1. The molecule has 23 heavy (non-hydrogen) atoms. The molecule has 1 N–H and O–H groups in total. The lowest BCUT2D eigenvalue weighted by atomic mass is 10.0. The summed E-state index contributed by atoms with van der Waals surface area (Å²) in [6, 6.07) is 5.09. The Morgan fingerprint density at radius 2 is 1.96 bits per heavy atom. The summed E-state index contributed by atoms with van der Waals surface area (Å²) < 4.78 is 40.4. The third-order valence-electron chi connectivity index (χ3n) is 3.65. The van der Waals surface area contributed by atoms with Crippen LogP contribution in [-0.4, -0.2) is 15.7 Å². The van der Waals surface area contributed by atoms with Crippen molar-refractivity contribution in [2.24, 2.45) is 7.05 Å². The van der Waals surface area contributed by atoms with Gasteiger partial charge in [-0.25, -0.2) is 0 Å². The number of benzene rings is 1. The number of rotatable bonds is 4. The van der Waals surface area contributed by atoms with Crippen LogP contribution in [0.25, 0.3) is 0 Å². The smallest absolute Gasteiger partial charge is 0.310 e. The van der Waals surface area contributed by atoms with Crippen molar-refractivity contribution in [2.45, 2.75) is 32.9 Å². The van der Waals surface area contributed by atoms with E-state index in [0.29, 0.717) is 12.2 Å². The normalized spacial score (nSPS) is 11.6. The predicted octanol–water partition coefficient (Wildman–Crippen LogP) is 3.49. The molecule has 2 aromatic rings. The van der Waals surface area contributed by atoms with Crippen LogP contribution in [0.4, 0.5) is 19.0 Å². The lowest BCUT2D eigenvalue weighted by molar-refractivity contribution is -0.138. The third-order valence-corrected chi connectivity index (χ3v) is 3.65. The zero-order chi connectivity index (χ0) is 17.2. The molecule has 0 fully saturated rings. The van der Waals surface area contributed by atoms with Gasteiger partial charge < -0.3 is 5.32 Å². The standard InChI is InChI=1S/C16H18F3N3O/c1-4-13-10(2)15(22(3)21-13)20-14(23)9-11-7-5-6-8-12(11)16(17,18)19/h5-8H,4,9H2,1-3H3,(H,20,23). The number of hydrogen-bond donors (Lipinski definition) is 1. The first-order valence-electron chi connectivity index (χ1n) is 7.21. The quantitative estimate of drug-likeness (QED) is 0.935. The maximum absolute atomic E-state index is 13.0. The minimum Gasteiger partial charge on any atom is -0.310 e. The van der Waals surface area contributed by atoms with Gasteiger partial charge in [0.15, 0.2) is 0 Å². The number of aryl methyl sites for hydroxylation is 2. The van der Waals surface area contributed by atoms with Crippen molar-refractivity contribution in [3.05, 3.63) is 46.6 Å². The summed E-state index contributed by atoms with van der Waals surface area (Å²) in [5, 5.41) is 6.92. The zero-order valence-corrected chi connectivity index (χ0v) is 13.2. The fraction of sp³-hybridized carbons (Fsp3) is 0.375. The monoisotopic (exact) mass is 325 g/mol. The lowest BCUT2D eigenvalue weighted by Crippen LogP contribution is -2.19. The van der Waals surface area contributed by atoms with E-state index < -0.39 is 17.6 Å². The Hall–Kier alpha value is -2.31. The third kappa shape index (κ3) is 3.72. The highest BCUT2D eigenvalue weighted by molar-refractivity contribution is 5.92. The lowest BCUT2D eigenvalue weighted by Gasteiger charge is -2.13. The number of halogens is 3. The van der Waals surface area contributed by atoms with E-state index in [0.717, 1.165) is 17.3 Å². The van der Waals surface area contributed by atoms with Crippen molar-refractivity contribution in [1.29, 1.82) is 0 Å². The number of carbonyl (C=O) groups is 1. The van der Waals surface area contributed by atoms with Crippen LogP contribution in [0.5, 0.6) is 0 Å². The molecule has 0 aliphatic heterocycles. The second-order valence-electron chi connectivity index (χ2n) is 5.28. The van der Waals surface area contributed by atoms with E-state index in [4.69, 9.17) is 0 Å². The van der Waals surface area contributed by atoms with Crippen molar-refractivity contribution in [1.82, 2.24) is 9.78 Å². The molecule has 0 saturated heterocycles. The van der Waals surface area contributed by atoms with E-state index in [9.17, 15) is 18.0 Å². The number of carbonyl (C=O) groups excluding carboxylic acids is 1. The van der Waals surface area contributed by atoms with Crippen LogP contribution in [0.2, 0.25) is 0 Å². The first kappa shape index (κ1) is 17.1. The zero-order valence-electron chi connectivity index (χ0n) is 13.2. The Balaban J connectivity index is 2.20. The highest BCUT2D eigenvalue weighted by atomic mass is 19.4. The van der Waals surface area contributed by atoms with Gasteiger partial charge in [0.2, 0.25) is 5.91 Å². The molecule has 2 rings (SSSR count). The van der Waals surface area contributed by atoms with Crippen molar-refractivity contribution >= 4 is 11.7 Å². The van der Waals surface area contributed by atoms with Gasteiger partial charge in [-0.1, -0.05) is 25.1 Å². The van der Waals surface area contributed by atoms with E-state index >= 15 is 0 Å². The number of aromatic nitrogens is 2. The van der Waals surface area contributed by atoms with Crippen LogP contribution in [0.1, 0.15) is 29.3 Å². The van der Waals surface area contributed by atoms with Crippen LogP contribution in [0.15, 0.2) is 24.3 Å². The average Bonchev–Trinajstić information content (AvgIpc) is 2.74. The van der Waals surface area contributed by atoms with E-state index in [1.165, 1.54) is 22.9 Å². The van der Waals surface area contributed by atoms with Crippen LogP contribution in [-0.2, 0) is 30.9 Å². The minimum atomic E-state index is -4.48. The average molecular weight is 325 g/mol. The van der Waals surface area contributed by atoms with E-state index in [-0.39, 0.29) is 12.0 Å². The molecule has 0 unspecified atom stereocenters. The molecule has 1 aromatic carbocycles. The largest absolute Gasteiger partial charge is 0.416 e. The van der Waals surface area contributed by atoms with Crippen molar-refractivity contribution in [3.8, 4) is 0 Å². The Morgan fingerprint density at radius 3 is 2.52 bits per heavy atom. The molecule has 124 valence electrons. The molecule has 0 spiro atoms. The number of anilines is 1. The number of alkyl halides is 3. The second kappa shape index (κ2) is 6.44. The van der Waals surface area contributed by atoms with Crippen LogP contribution >= 0.6 is 0 Å². The summed E-state index contributed by atoms with van der Waals surface area (Å²) in [7, 11) is 1.69. The van der Waals surface area contributed by atoms with Crippen molar-refractivity contribution in [3.63, 3.8) is 0 Å². The van der Waals surface area contributed by atoms with Gasteiger partial charge in [-0.05, 0) is 25.0 Å². The fourth-order valence-electron chi connectivity index (χ4n) is 2.50. The Kier molecular flexibility index (Phi) is 4.77. The van der Waals surface area contributed by atoms with Gasteiger partial charge in [-0.2, -0.15) is 18.3 Å². The number of amides is 1. The number of hydrogen-bond acceptors (Lipinski definition) is 2. The summed E-state index contributed by atoms with van der Waals surface area (Å²) in [5.41, 5.74) is 0.838. The Morgan fingerprint density at radius 1 is 1.30 bits per heavy atom. The fourth-order valence-corrected chi connectivity index (χ4v) is 2.50. The molecule has 0 bridgehead atoms. The van der Waals surface area contributed by atoms with Gasteiger partial charge in [-0.15, -0.1) is 0 Å². The van der Waals surface area contributed by atoms with E-state index in [1.807, 2.05) is 13.8 Å². The molecule has 4 nitrogen and oxygen atoms in total. The van der Waals surface area contributed by atoms with Gasteiger partial charge >= 0.3 is 6.18 Å².